The summed E-state index contributed by atoms with van der Waals surface area (Å²) in [7, 11) is 0. The lowest BCUT2D eigenvalue weighted by atomic mass is 10.1. The van der Waals surface area contributed by atoms with Crippen molar-refractivity contribution in [3.63, 3.8) is 0 Å². The van der Waals surface area contributed by atoms with Gasteiger partial charge >= 0.3 is 0 Å². The number of hydrogen-bond donors (Lipinski definition) is 2. The van der Waals surface area contributed by atoms with Gasteiger partial charge in [0.2, 0.25) is 5.95 Å². The van der Waals surface area contributed by atoms with Gasteiger partial charge in [-0.25, -0.2) is 4.52 Å². The molecule has 138 valence electrons. The summed E-state index contributed by atoms with van der Waals surface area (Å²) in [5.74, 6) is 0.650. The molecule has 1 aliphatic carbocycles. The molecule has 1 saturated heterocycles. The zero-order valence-electron chi connectivity index (χ0n) is 15.1. The molecule has 3 heterocycles. The fourth-order valence-electron chi connectivity index (χ4n) is 3.95. The zero-order valence-corrected chi connectivity index (χ0v) is 15.1. The number of piperazine rings is 1. The van der Waals surface area contributed by atoms with Crippen molar-refractivity contribution in [1.82, 2.24) is 25.2 Å². The minimum atomic E-state index is -0.0715. The lowest BCUT2D eigenvalue weighted by molar-refractivity contribution is 0.0936. The number of pyridine rings is 1. The van der Waals surface area contributed by atoms with Crippen LogP contribution in [0.4, 0.5) is 5.95 Å². The number of aromatic nitrogens is 3. The molecular formula is C20H22N6O. The summed E-state index contributed by atoms with van der Waals surface area (Å²) in [5, 5.41) is 11.1. The predicted molar refractivity (Wildman–Crippen MR) is 103 cm³/mol. The van der Waals surface area contributed by atoms with E-state index in [9.17, 15) is 4.79 Å². The van der Waals surface area contributed by atoms with E-state index in [0.29, 0.717) is 5.56 Å². The Morgan fingerprint density at radius 2 is 2.00 bits per heavy atom. The van der Waals surface area contributed by atoms with Crippen LogP contribution in [-0.2, 0) is 6.42 Å². The maximum absolute atomic E-state index is 12.8. The number of amides is 1. The number of anilines is 1. The highest BCUT2D eigenvalue weighted by molar-refractivity contribution is 5.94. The first-order valence-electron chi connectivity index (χ1n) is 9.49. The molecule has 1 amide bonds. The van der Waals surface area contributed by atoms with Gasteiger partial charge in [-0.2, -0.15) is 4.98 Å². The molecule has 3 aromatic rings. The Kier molecular flexibility index (Phi) is 4.01. The van der Waals surface area contributed by atoms with Gasteiger partial charge in [-0.1, -0.05) is 24.3 Å². The van der Waals surface area contributed by atoms with Gasteiger partial charge in [0.1, 0.15) is 0 Å². The van der Waals surface area contributed by atoms with Crippen LogP contribution < -0.4 is 15.5 Å². The van der Waals surface area contributed by atoms with Crippen molar-refractivity contribution in [3.05, 3.63) is 59.3 Å². The van der Waals surface area contributed by atoms with Crippen LogP contribution in [-0.4, -0.2) is 46.7 Å². The quantitative estimate of drug-likeness (QED) is 0.740. The predicted octanol–water partition coefficient (Wildman–Crippen LogP) is 1.56. The first-order valence-corrected chi connectivity index (χ1v) is 9.49. The van der Waals surface area contributed by atoms with Crippen LogP contribution in [0.25, 0.3) is 5.65 Å². The Morgan fingerprint density at radius 3 is 2.89 bits per heavy atom. The Balaban J connectivity index is 1.36. The highest BCUT2D eigenvalue weighted by Crippen LogP contribution is 2.30. The van der Waals surface area contributed by atoms with Crippen molar-refractivity contribution in [1.29, 1.82) is 0 Å². The third-order valence-corrected chi connectivity index (χ3v) is 5.42. The van der Waals surface area contributed by atoms with Gasteiger partial charge in [0.25, 0.3) is 5.91 Å². The molecule has 0 bridgehead atoms. The second-order valence-electron chi connectivity index (χ2n) is 7.13. The fourth-order valence-corrected chi connectivity index (χ4v) is 3.95. The minimum absolute atomic E-state index is 0.0715. The first kappa shape index (κ1) is 16.3. The molecule has 2 aliphatic rings. The highest BCUT2D eigenvalue weighted by atomic mass is 16.1. The average Bonchev–Trinajstić information content (AvgIpc) is 3.32. The molecule has 2 aromatic heterocycles. The second-order valence-corrected chi connectivity index (χ2v) is 7.13. The minimum Gasteiger partial charge on any atom is -0.345 e. The van der Waals surface area contributed by atoms with Crippen molar-refractivity contribution >= 4 is 17.5 Å². The molecule has 1 atom stereocenters. The Bertz CT molecular complexity index is 991. The molecule has 1 fully saturated rings. The molecule has 0 radical (unpaired) electrons. The number of nitrogens with zero attached hydrogens (tertiary/aromatic N) is 4. The number of nitrogens with one attached hydrogen (secondary N) is 2. The van der Waals surface area contributed by atoms with Crippen molar-refractivity contribution in [2.45, 2.75) is 18.9 Å². The number of fused-ring (bicyclic) bond motifs is 2. The van der Waals surface area contributed by atoms with E-state index in [1.165, 1.54) is 11.1 Å². The number of rotatable bonds is 3. The Labute approximate surface area is 157 Å². The van der Waals surface area contributed by atoms with Crippen molar-refractivity contribution in [3.8, 4) is 0 Å². The van der Waals surface area contributed by atoms with Gasteiger partial charge in [0.05, 0.1) is 11.6 Å². The van der Waals surface area contributed by atoms with E-state index in [1.807, 2.05) is 18.2 Å². The molecule has 7 nitrogen and oxygen atoms in total. The Morgan fingerprint density at radius 1 is 1.15 bits per heavy atom. The third kappa shape index (κ3) is 3.04. The third-order valence-electron chi connectivity index (χ3n) is 5.42. The summed E-state index contributed by atoms with van der Waals surface area (Å²) in [6.45, 7) is 3.66. The van der Waals surface area contributed by atoms with E-state index in [0.717, 1.165) is 50.6 Å². The molecule has 0 saturated carbocycles. The molecule has 5 rings (SSSR count). The molecule has 7 heteroatoms. The van der Waals surface area contributed by atoms with E-state index in [-0.39, 0.29) is 11.9 Å². The lowest BCUT2D eigenvalue weighted by Gasteiger charge is -2.25. The van der Waals surface area contributed by atoms with E-state index in [2.05, 4.69) is 43.8 Å². The standard InChI is InChI=1S/C20H22N6O/c27-19(22-17-7-5-14-3-1-2-4-16(14)17)15-6-8-18-23-20(24-26(18)13-15)25-11-9-21-10-12-25/h1-4,6,8,13,17,21H,5,7,9-12H2,(H,22,27)/t17-/m1/s1. The van der Waals surface area contributed by atoms with Gasteiger partial charge in [0.15, 0.2) is 5.65 Å². The normalized spacial score (nSPS) is 19.3. The van der Waals surface area contributed by atoms with Gasteiger partial charge in [0, 0.05) is 32.4 Å². The van der Waals surface area contributed by atoms with Crippen molar-refractivity contribution in [2.24, 2.45) is 0 Å². The van der Waals surface area contributed by atoms with E-state index in [1.54, 1.807) is 10.7 Å². The van der Waals surface area contributed by atoms with Crippen LogP contribution >= 0.6 is 0 Å². The van der Waals surface area contributed by atoms with Gasteiger partial charge in [-0.3, -0.25) is 4.79 Å². The summed E-state index contributed by atoms with van der Waals surface area (Å²) < 4.78 is 1.70. The molecule has 1 aromatic carbocycles. The maximum Gasteiger partial charge on any atom is 0.253 e. The summed E-state index contributed by atoms with van der Waals surface area (Å²) in [6, 6.07) is 12.1. The zero-order chi connectivity index (χ0) is 18.2. The number of hydrogen-bond acceptors (Lipinski definition) is 5. The van der Waals surface area contributed by atoms with Crippen LogP contribution in [0.2, 0.25) is 0 Å². The largest absolute Gasteiger partial charge is 0.345 e. The molecule has 1 aliphatic heterocycles. The summed E-state index contributed by atoms with van der Waals surface area (Å²) >= 11 is 0. The average molecular weight is 362 g/mol. The smallest absolute Gasteiger partial charge is 0.253 e. The molecule has 27 heavy (non-hydrogen) atoms. The second kappa shape index (κ2) is 6.66. The van der Waals surface area contributed by atoms with Gasteiger partial charge in [-0.05, 0) is 36.1 Å². The molecule has 2 N–H and O–H groups in total. The lowest BCUT2D eigenvalue weighted by Crippen LogP contribution is -2.44. The molecular weight excluding hydrogens is 340 g/mol. The SMILES string of the molecule is O=C(N[C@@H]1CCc2ccccc21)c1ccc2nc(N3CCNCC3)nn2c1. The van der Waals surface area contributed by atoms with Crippen molar-refractivity contribution in [2.75, 3.05) is 31.1 Å². The monoisotopic (exact) mass is 362 g/mol. The summed E-state index contributed by atoms with van der Waals surface area (Å²) in [4.78, 5) is 19.5. The highest BCUT2D eigenvalue weighted by Gasteiger charge is 2.24. The number of carbonyl (C=O) groups is 1. The summed E-state index contributed by atoms with van der Waals surface area (Å²) in [5.41, 5.74) is 3.92. The number of aryl methyl sites for hydroxylation is 1. The van der Waals surface area contributed by atoms with Crippen LogP contribution in [0.3, 0.4) is 0 Å². The van der Waals surface area contributed by atoms with E-state index in [4.69, 9.17) is 0 Å². The van der Waals surface area contributed by atoms with Crippen molar-refractivity contribution < 1.29 is 4.79 Å². The fraction of sp³-hybridized carbons (Fsp3) is 0.350. The van der Waals surface area contributed by atoms with Gasteiger partial charge < -0.3 is 15.5 Å². The molecule has 0 spiro atoms. The summed E-state index contributed by atoms with van der Waals surface area (Å²) in [6.07, 6.45) is 3.73. The first-order chi connectivity index (χ1) is 13.3. The van der Waals surface area contributed by atoms with E-state index < -0.39 is 0 Å². The number of carbonyl (C=O) groups excluding carboxylic acids is 1. The topological polar surface area (TPSA) is 74.6 Å². The van der Waals surface area contributed by atoms with Crippen LogP contribution in [0.15, 0.2) is 42.6 Å². The van der Waals surface area contributed by atoms with E-state index >= 15 is 0 Å². The maximum atomic E-state index is 12.8. The Hall–Kier alpha value is -2.93. The molecule has 0 unspecified atom stereocenters. The van der Waals surface area contributed by atoms with Gasteiger partial charge in [-0.15, -0.1) is 5.10 Å². The van der Waals surface area contributed by atoms with Crippen LogP contribution in [0.1, 0.15) is 33.9 Å². The van der Waals surface area contributed by atoms with Crippen LogP contribution in [0.5, 0.6) is 0 Å². The number of benzene rings is 1. The van der Waals surface area contributed by atoms with Crippen LogP contribution in [0, 0.1) is 0 Å².